The fourth-order valence-corrected chi connectivity index (χ4v) is 4.40. The maximum absolute atomic E-state index is 12.9. The predicted octanol–water partition coefficient (Wildman–Crippen LogP) is 2.84. The van der Waals surface area contributed by atoms with Crippen LogP contribution in [-0.4, -0.2) is 27.2 Å². The van der Waals surface area contributed by atoms with Crippen LogP contribution in [0.5, 0.6) is 0 Å². The van der Waals surface area contributed by atoms with Gasteiger partial charge in [-0.1, -0.05) is 28.1 Å². The molecular weight excluding hydrogens is 382 g/mol. The van der Waals surface area contributed by atoms with Crippen LogP contribution in [0.1, 0.15) is 17.4 Å². The Labute approximate surface area is 143 Å². The van der Waals surface area contributed by atoms with Gasteiger partial charge in [-0.15, -0.1) is 0 Å². The van der Waals surface area contributed by atoms with Gasteiger partial charge < -0.3 is 9.84 Å². The van der Waals surface area contributed by atoms with E-state index in [-0.39, 0.29) is 4.90 Å². The smallest absolute Gasteiger partial charge is 0.264 e. The predicted molar refractivity (Wildman–Crippen MR) is 90.8 cm³/mol. The molecule has 0 aromatic heterocycles. The Morgan fingerprint density at radius 3 is 2.57 bits per heavy atom. The zero-order valence-corrected chi connectivity index (χ0v) is 14.8. The molecule has 0 bridgehead atoms. The van der Waals surface area contributed by atoms with Crippen molar-refractivity contribution in [2.75, 3.05) is 18.0 Å². The first kappa shape index (κ1) is 16.4. The molecule has 2 aromatic rings. The summed E-state index contributed by atoms with van der Waals surface area (Å²) in [5, 5.41) is 9.80. The number of aliphatic hydroxyl groups is 1. The van der Waals surface area contributed by atoms with E-state index >= 15 is 0 Å². The molecule has 0 spiro atoms. The van der Waals surface area contributed by atoms with Gasteiger partial charge in [0.15, 0.2) is 6.29 Å². The Kier molecular flexibility index (Phi) is 4.46. The number of ether oxygens (including phenoxy) is 1. The fraction of sp³-hybridized carbons (Fsp3) is 0.250. The summed E-state index contributed by atoms with van der Waals surface area (Å²) in [6, 6.07) is 11.8. The first-order chi connectivity index (χ1) is 10.9. The average Bonchev–Trinajstić information content (AvgIpc) is 2.98. The summed E-state index contributed by atoms with van der Waals surface area (Å²) in [7, 11) is -2.23. The summed E-state index contributed by atoms with van der Waals surface area (Å²) in [4.78, 5) is 0.242. The molecule has 1 aliphatic rings. The van der Waals surface area contributed by atoms with Gasteiger partial charge in [0.25, 0.3) is 10.0 Å². The maximum Gasteiger partial charge on any atom is 0.264 e. The minimum Gasteiger partial charge on any atom is -0.364 e. The molecule has 0 fully saturated rings. The number of hydrogen-bond acceptors (Lipinski definition) is 4. The van der Waals surface area contributed by atoms with Crippen molar-refractivity contribution in [3.8, 4) is 0 Å². The second kappa shape index (κ2) is 6.24. The minimum atomic E-state index is -3.63. The molecule has 0 unspecified atom stereocenters. The number of rotatable bonds is 4. The molecule has 3 rings (SSSR count). The molecule has 0 aliphatic carbocycles. The van der Waals surface area contributed by atoms with Gasteiger partial charge in [-0.2, -0.15) is 0 Å². The standard InChI is InChI=1S/C16H16BrNO4S/c1-22-16(19)12-3-2-11-8-9-18(15(11)10-12)23(20,21)14-6-4-13(17)5-7-14/h2-7,10,16,19H,8-9H2,1H3/t16-/m0/s1. The quantitative estimate of drug-likeness (QED) is 0.805. The Hall–Kier alpha value is -1.41. The van der Waals surface area contributed by atoms with Gasteiger partial charge in [-0.3, -0.25) is 4.31 Å². The number of methoxy groups -OCH3 is 1. The lowest BCUT2D eigenvalue weighted by Gasteiger charge is -2.21. The van der Waals surface area contributed by atoms with Crippen molar-refractivity contribution >= 4 is 31.6 Å². The summed E-state index contributed by atoms with van der Waals surface area (Å²) in [5.74, 6) is 0. The van der Waals surface area contributed by atoms with Crippen LogP contribution < -0.4 is 4.31 Å². The van der Waals surface area contributed by atoms with Gasteiger partial charge in [0.2, 0.25) is 0 Å². The van der Waals surface area contributed by atoms with E-state index in [1.165, 1.54) is 11.4 Å². The highest BCUT2D eigenvalue weighted by molar-refractivity contribution is 9.10. The van der Waals surface area contributed by atoms with Crippen LogP contribution in [0, 0.1) is 0 Å². The maximum atomic E-state index is 12.9. The summed E-state index contributed by atoms with van der Waals surface area (Å²) in [5.41, 5.74) is 2.07. The van der Waals surface area contributed by atoms with Crippen molar-refractivity contribution in [2.24, 2.45) is 0 Å². The number of sulfonamides is 1. The molecule has 122 valence electrons. The van der Waals surface area contributed by atoms with Crippen LogP contribution in [0.2, 0.25) is 0 Å². The van der Waals surface area contributed by atoms with Gasteiger partial charge >= 0.3 is 0 Å². The SMILES string of the molecule is CO[C@H](O)c1ccc2c(c1)N(S(=O)(=O)c1ccc(Br)cc1)CC2. The van der Waals surface area contributed by atoms with E-state index in [4.69, 9.17) is 4.74 Å². The highest BCUT2D eigenvalue weighted by Crippen LogP contribution is 2.35. The molecular formula is C16H16BrNO4S. The second-order valence-electron chi connectivity index (χ2n) is 5.26. The van der Waals surface area contributed by atoms with E-state index in [2.05, 4.69) is 15.9 Å². The highest BCUT2D eigenvalue weighted by atomic mass is 79.9. The number of hydrogen-bond donors (Lipinski definition) is 1. The molecule has 0 saturated carbocycles. The van der Waals surface area contributed by atoms with E-state index in [1.54, 1.807) is 36.4 Å². The normalized spacial score (nSPS) is 15.5. The number of nitrogens with zero attached hydrogens (tertiary/aromatic N) is 1. The van der Waals surface area contributed by atoms with E-state index in [0.717, 1.165) is 10.0 Å². The van der Waals surface area contributed by atoms with Crippen LogP contribution in [-0.2, 0) is 21.2 Å². The Morgan fingerprint density at radius 2 is 1.91 bits per heavy atom. The van der Waals surface area contributed by atoms with Crippen molar-refractivity contribution in [3.05, 3.63) is 58.1 Å². The number of anilines is 1. The zero-order valence-electron chi connectivity index (χ0n) is 12.4. The van der Waals surface area contributed by atoms with Crippen LogP contribution in [0.3, 0.4) is 0 Å². The minimum absolute atomic E-state index is 0.242. The molecule has 1 heterocycles. The van der Waals surface area contributed by atoms with Gasteiger partial charge in [-0.25, -0.2) is 8.42 Å². The Bertz CT molecular complexity index is 820. The molecule has 5 nitrogen and oxygen atoms in total. The lowest BCUT2D eigenvalue weighted by atomic mass is 10.1. The average molecular weight is 398 g/mol. The van der Waals surface area contributed by atoms with Crippen molar-refractivity contribution in [1.29, 1.82) is 0 Å². The van der Waals surface area contributed by atoms with Crippen molar-refractivity contribution < 1.29 is 18.3 Å². The topological polar surface area (TPSA) is 66.8 Å². The molecule has 7 heteroatoms. The number of benzene rings is 2. The van der Waals surface area contributed by atoms with E-state index in [0.29, 0.717) is 24.2 Å². The Morgan fingerprint density at radius 1 is 1.22 bits per heavy atom. The highest BCUT2D eigenvalue weighted by Gasteiger charge is 2.31. The number of halogens is 1. The molecule has 23 heavy (non-hydrogen) atoms. The van der Waals surface area contributed by atoms with E-state index in [9.17, 15) is 13.5 Å². The summed E-state index contributed by atoms with van der Waals surface area (Å²) in [6.07, 6.45) is -0.424. The van der Waals surface area contributed by atoms with Crippen LogP contribution in [0.4, 0.5) is 5.69 Å². The number of aliphatic hydroxyl groups excluding tert-OH is 1. The van der Waals surface area contributed by atoms with Gasteiger partial charge in [0.05, 0.1) is 10.6 Å². The molecule has 1 atom stereocenters. The van der Waals surface area contributed by atoms with Gasteiger partial charge in [-0.05, 0) is 42.3 Å². The van der Waals surface area contributed by atoms with Crippen molar-refractivity contribution in [3.63, 3.8) is 0 Å². The zero-order chi connectivity index (χ0) is 16.6. The Balaban J connectivity index is 2.02. The van der Waals surface area contributed by atoms with E-state index < -0.39 is 16.3 Å². The van der Waals surface area contributed by atoms with Crippen molar-refractivity contribution in [2.45, 2.75) is 17.6 Å². The summed E-state index contributed by atoms with van der Waals surface area (Å²) in [6.45, 7) is 0.389. The lowest BCUT2D eigenvalue weighted by Crippen LogP contribution is -2.29. The van der Waals surface area contributed by atoms with Crippen LogP contribution in [0.25, 0.3) is 0 Å². The molecule has 0 saturated heterocycles. The van der Waals surface area contributed by atoms with E-state index in [1.807, 2.05) is 6.07 Å². The summed E-state index contributed by atoms with van der Waals surface area (Å²) < 4.78 is 32.9. The molecule has 0 amide bonds. The first-order valence-corrected chi connectivity index (χ1v) is 9.29. The molecule has 1 aliphatic heterocycles. The number of fused-ring (bicyclic) bond motifs is 1. The third-order valence-electron chi connectivity index (χ3n) is 3.87. The van der Waals surface area contributed by atoms with Gasteiger partial charge in [0.1, 0.15) is 0 Å². The third-order valence-corrected chi connectivity index (χ3v) is 6.23. The lowest BCUT2D eigenvalue weighted by molar-refractivity contribution is -0.0769. The largest absolute Gasteiger partial charge is 0.364 e. The monoisotopic (exact) mass is 397 g/mol. The summed E-state index contributed by atoms with van der Waals surface area (Å²) >= 11 is 3.30. The molecule has 1 N–H and O–H groups in total. The molecule has 0 radical (unpaired) electrons. The van der Waals surface area contributed by atoms with Crippen molar-refractivity contribution in [1.82, 2.24) is 0 Å². The molecule has 2 aromatic carbocycles. The first-order valence-electron chi connectivity index (χ1n) is 7.05. The van der Waals surface area contributed by atoms with Gasteiger partial charge in [0, 0.05) is 23.7 Å². The fourth-order valence-electron chi connectivity index (χ4n) is 2.64. The van der Waals surface area contributed by atoms with Crippen LogP contribution in [0.15, 0.2) is 51.8 Å². The third kappa shape index (κ3) is 3.01. The second-order valence-corrected chi connectivity index (χ2v) is 8.04. The van der Waals surface area contributed by atoms with Crippen LogP contribution >= 0.6 is 15.9 Å².